The molecule has 0 saturated carbocycles. The Morgan fingerprint density at radius 3 is 2.90 bits per heavy atom. The van der Waals surface area contributed by atoms with Gasteiger partial charge in [-0.25, -0.2) is 4.79 Å². The van der Waals surface area contributed by atoms with Crippen molar-refractivity contribution in [2.45, 2.75) is 39.0 Å². The highest BCUT2D eigenvalue weighted by atomic mass is 16.5. The molecule has 0 fully saturated rings. The van der Waals surface area contributed by atoms with Crippen LogP contribution < -0.4 is 5.32 Å². The van der Waals surface area contributed by atoms with E-state index in [-0.39, 0.29) is 18.1 Å². The second kappa shape index (κ2) is 7.80. The Morgan fingerprint density at radius 1 is 1.41 bits per heavy atom. The number of benzene rings is 1. The van der Waals surface area contributed by atoms with E-state index in [9.17, 15) is 10.1 Å². The number of hydrogen-bond acceptors (Lipinski definition) is 4. The SMILES string of the molecule is CCN(CC)C(=O)N[C@H]1C=C2c3cccc4[nH]c(COC)c(c34)C[C@H]2N(C#N)C1. The van der Waals surface area contributed by atoms with E-state index in [4.69, 9.17) is 4.74 Å². The molecule has 152 valence electrons. The molecule has 2 heterocycles. The maximum Gasteiger partial charge on any atom is 0.317 e. The summed E-state index contributed by atoms with van der Waals surface area (Å²) in [4.78, 5) is 19.6. The van der Waals surface area contributed by atoms with Crippen molar-refractivity contribution in [1.82, 2.24) is 20.1 Å². The first-order chi connectivity index (χ1) is 14.1. The Bertz CT molecular complexity index is 999. The molecule has 0 unspecified atom stereocenters. The molecule has 1 aromatic carbocycles. The number of rotatable bonds is 5. The molecule has 0 radical (unpaired) electrons. The summed E-state index contributed by atoms with van der Waals surface area (Å²) >= 11 is 0. The quantitative estimate of drug-likeness (QED) is 0.765. The summed E-state index contributed by atoms with van der Waals surface area (Å²) < 4.78 is 5.38. The van der Waals surface area contributed by atoms with E-state index in [0.29, 0.717) is 26.2 Å². The van der Waals surface area contributed by atoms with Gasteiger partial charge in [-0.05, 0) is 36.6 Å². The van der Waals surface area contributed by atoms with Gasteiger partial charge in [0.25, 0.3) is 0 Å². The van der Waals surface area contributed by atoms with E-state index >= 15 is 0 Å². The number of H-pyrrole nitrogens is 1. The van der Waals surface area contributed by atoms with Crippen molar-refractivity contribution in [3.05, 3.63) is 41.1 Å². The van der Waals surface area contributed by atoms with Gasteiger partial charge in [0.1, 0.15) is 0 Å². The molecule has 1 aliphatic carbocycles. The predicted octanol–water partition coefficient (Wildman–Crippen LogP) is 2.84. The number of nitriles is 1. The molecule has 2 aromatic rings. The highest BCUT2D eigenvalue weighted by Gasteiger charge is 2.36. The molecule has 0 bridgehead atoms. The number of urea groups is 1. The number of aromatic nitrogens is 1. The number of nitrogens with zero attached hydrogens (tertiary/aromatic N) is 3. The van der Waals surface area contributed by atoms with Crippen LogP contribution in [0.15, 0.2) is 24.3 Å². The minimum atomic E-state index is -0.205. The summed E-state index contributed by atoms with van der Waals surface area (Å²) in [5.74, 6) is 0. The van der Waals surface area contributed by atoms with Gasteiger partial charge < -0.3 is 24.8 Å². The zero-order chi connectivity index (χ0) is 20.5. The van der Waals surface area contributed by atoms with E-state index in [1.165, 1.54) is 10.9 Å². The van der Waals surface area contributed by atoms with Gasteiger partial charge in [-0.2, -0.15) is 5.26 Å². The van der Waals surface area contributed by atoms with E-state index in [1.807, 2.05) is 19.9 Å². The number of fused-ring (bicyclic) bond motifs is 2. The third kappa shape index (κ3) is 3.23. The Labute approximate surface area is 170 Å². The normalized spacial score (nSPS) is 20.1. The molecule has 0 spiro atoms. The molecule has 1 aromatic heterocycles. The number of hydrogen-bond donors (Lipinski definition) is 2. The van der Waals surface area contributed by atoms with E-state index in [2.05, 4.69) is 34.7 Å². The third-order valence-electron chi connectivity index (χ3n) is 6.01. The average molecular weight is 393 g/mol. The van der Waals surface area contributed by atoms with E-state index in [0.717, 1.165) is 28.8 Å². The fraction of sp³-hybridized carbons (Fsp3) is 0.455. The lowest BCUT2D eigenvalue weighted by atomic mass is 9.80. The fourth-order valence-electron chi connectivity index (χ4n) is 4.63. The van der Waals surface area contributed by atoms with Crippen LogP contribution in [0.5, 0.6) is 0 Å². The van der Waals surface area contributed by atoms with Crippen LogP contribution in [-0.4, -0.2) is 59.6 Å². The minimum absolute atomic E-state index is 0.0221. The first kappa shape index (κ1) is 19.3. The highest BCUT2D eigenvalue weighted by Crippen LogP contribution is 2.41. The Balaban J connectivity index is 1.75. The lowest BCUT2D eigenvalue weighted by Crippen LogP contribution is -2.52. The number of aromatic amines is 1. The lowest BCUT2D eigenvalue weighted by molar-refractivity contribution is 0.180. The number of carbonyl (C=O) groups is 1. The van der Waals surface area contributed by atoms with Crippen molar-refractivity contribution >= 4 is 22.5 Å². The third-order valence-corrected chi connectivity index (χ3v) is 6.01. The molecule has 2 amide bonds. The topological polar surface area (TPSA) is 84.4 Å². The van der Waals surface area contributed by atoms with Crippen molar-refractivity contribution in [2.75, 3.05) is 26.7 Å². The van der Waals surface area contributed by atoms with Crippen molar-refractivity contribution in [3.63, 3.8) is 0 Å². The molecule has 2 atom stereocenters. The van der Waals surface area contributed by atoms with Crippen LogP contribution in [0.2, 0.25) is 0 Å². The van der Waals surface area contributed by atoms with Crippen LogP contribution in [0, 0.1) is 11.5 Å². The van der Waals surface area contributed by atoms with Gasteiger partial charge in [0, 0.05) is 43.2 Å². The lowest BCUT2D eigenvalue weighted by Gasteiger charge is -2.39. The molecular weight excluding hydrogens is 366 g/mol. The molecule has 29 heavy (non-hydrogen) atoms. The maximum absolute atomic E-state index is 12.6. The summed E-state index contributed by atoms with van der Waals surface area (Å²) in [5, 5.41) is 14.1. The van der Waals surface area contributed by atoms with Gasteiger partial charge in [0.05, 0.1) is 25.2 Å². The second-order valence-electron chi connectivity index (χ2n) is 7.57. The van der Waals surface area contributed by atoms with Crippen LogP contribution >= 0.6 is 0 Å². The first-order valence-electron chi connectivity index (χ1n) is 10.2. The molecule has 4 rings (SSSR count). The maximum atomic E-state index is 12.6. The summed E-state index contributed by atoms with van der Waals surface area (Å²) in [6, 6.07) is 5.90. The molecule has 2 aliphatic rings. The van der Waals surface area contributed by atoms with Crippen LogP contribution in [-0.2, 0) is 17.8 Å². The van der Waals surface area contributed by atoms with Gasteiger partial charge in [-0.15, -0.1) is 0 Å². The van der Waals surface area contributed by atoms with Crippen molar-refractivity contribution in [1.29, 1.82) is 5.26 Å². The van der Waals surface area contributed by atoms with E-state index < -0.39 is 0 Å². The largest absolute Gasteiger partial charge is 0.378 e. The van der Waals surface area contributed by atoms with E-state index in [1.54, 1.807) is 16.9 Å². The molecule has 7 heteroatoms. The smallest absolute Gasteiger partial charge is 0.317 e. The zero-order valence-electron chi connectivity index (χ0n) is 17.2. The summed E-state index contributed by atoms with van der Waals surface area (Å²) in [6.45, 7) is 6.24. The number of methoxy groups -OCH3 is 1. The summed E-state index contributed by atoms with van der Waals surface area (Å²) in [5.41, 5.74) is 5.63. The van der Waals surface area contributed by atoms with Crippen LogP contribution in [0.1, 0.15) is 30.7 Å². The second-order valence-corrected chi connectivity index (χ2v) is 7.57. The predicted molar refractivity (Wildman–Crippen MR) is 112 cm³/mol. The standard InChI is InChI=1S/C22H27N5O2/c1-4-26(5-2)22(28)24-14-9-16-15-7-6-8-18-21(15)17(19(25-18)12-29-3)10-20(16)27(11-14)13-23/h6-9,14,20,25H,4-5,10-12H2,1-3H3,(H,24,28)/t14-,20+/m0/s1. The fourth-order valence-corrected chi connectivity index (χ4v) is 4.63. The van der Waals surface area contributed by atoms with Gasteiger partial charge >= 0.3 is 6.03 Å². The Hall–Kier alpha value is -2.98. The van der Waals surface area contributed by atoms with Crippen molar-refractivity contribution in [3.8, 4) is 6.19 Å². The Morgan fingerprint density at radius 2 is 2.21 bits per heavy atom. The van der Waals surface area contributed by atoms with Crippen molar-refractivity contribution < 1.29 is 9.53 Å². The van der Waals surface area contributed by atoms with Crippen LogP contribution in [0.25, 0.3) is 16.5 Å². The van der Waals surface area contributed by atoms with Gasteiger partial charge in [0.15, 0.2) is 6.19 Å². The molecular formula is C22H27N5O2. The van der Waals surface area contributed by atoms with Crippen LogP contribution in [0.4, 0.5) is 4.79 Å². The zero-order valence-corrected chi connectivity index (χ0v) is 17.2. The van der Waals surface area contributed by atoms with Gasteiger partial charge in [-0.3, -0.25) is 0 Å². The molecule has 1 aliphatic heterocycles. The molecule has 0 saturated heterocycles. The van der Waals surface area contributed by atoms with Crippen molar-refractivity contribution in [2.24, 2.45) is 0 Å². The van der Waals surface area contributed by atoms with Gasteiger partial charge in [0.2, 0.25) is 0 Å². The summed E-state index contributed by atoms with van der Waals surface area (Å²) in [6.07, 6.45) is 5.25. The summed E-state index contributed by atoms with van der Waals surface area (Å²) in [7, 11) is 1.69. The first-order valence-corrected chi connectivity index (χ1v) is 10.2. The van der Waals surface area contributed by atoms with Gasteiger partial charge in [-0.1, -0.05) is 18.2 Å². The number of nitrogens with one attached hydrogen (secondary N) is 2. The highest BCUT2D eigenvalue weighted by molar-refractivity contribution is 5.99. The Kier molecular flexibility index (Phi) is 5.20. The molecule has 7 nitrogen and oxygen atoms in total. The average Bonchev–Trinajstić information content (AvgIpc) is 3.07. The van der Waals surface area contributed by atoms with Crippen LogP contribution in [0.3, 0.4) is 0 Å². The number of amides is 2. The molecule has 2 N–H and O–H groups in total. The monoisotopic (exact) mass is 393 g/mol. The minimum Gasteiger partial charge on any atom is -0.378 e. The number of ether oxygens (including phenoxy) is 1. The number of carbonyl (C=O) groups excluding carboxylic acids is 1.